The highest BCUT2D eigenvalue weighted by molar-refractivity contribution is 7.19. The van der Waals surface area contributed by atoms with Crippen molar-refractivity contribution in [1.29, 1.82) is 0 Å². The topological polar surface area (TPSA) is 64.1 Å². The second-order valence-corrected chi connectivity index (χ2v) is 7.11. The van der Waals surface area contributed by atoms with Gasteiger partial charge in [-0.05, 0) is 38.7 Å². The molecule has 1 atom stereocenters. The molecule has 1 aliphatic rings. The van der Waals surface area contributed by atoms with Crippen LogP contribution >= 0.6 is 11.3 Å². The zero-order chi connectivity index (χ0) is 15.7. The zero-order valence-corrected chi connectivity index (χ0v) is 14.0. The summed E-state index contributed by atoms with van der Waals surface area (Å²) < 4.78 is 5.24. The fraction of sp³-hybridized carbons (Fsp3) is 0.562. The van der Waals surface area contributed by atoms with E-state index in [0.29, 0.717) is 6.54 Å². The predicted molar refractivity (Wildman–Crippen MR) is 88.3 cm³/mol. The van der Waals surface area contributed by atoms with Gasteiger partial charge in [0.05, 0.1) is 17.4 Å². The van der Waals surface area contributed by atoms with Crippen molar-refractivity contribution >= 4 is 33.3 Å². The third kappa shape index (κ3) is 2.92. The maximum Gasteiger partial charge on any atom is 0.310 e. The predicted octanol–water partition coefficient (Wildman–Crippen LogP) is 3.18. The fourth-order valence-corrected chi connectivity index (χ4v) is 3.97. The van der Waals surface area contributed by atoms with Gasteiger partial charge in [0.2, 0.25) is 0 Å². The van der Waals surface area contributed by atoms with Crippen LogP contribution in [-0.4, -0.2) is 28.6 Å². The molecule has 2 aromatic rings. The number of rotatable bonds is 5. The molecule has 5 nitrogen and oxygen atoms in total. The summed E-state index contributed by atoms with van der Waals surface area (Å²) in [4.78, 5) is 23.1. The first-order valence-electron chi connectivity index (χ1n) is 7.76. The van der Waals surface area contributed by atoms with Gasteiger partial charge in [-0.2, -0.15) is 0 Å². The Morgan fingerprint density at radius 1 is 1.36 bits per heavy atom. The van der Waals surface area contributed by atoms with Gasteiger partial charge in [0.1, 0.15) is 17.0 Å². The minimum Gasteiger partial charge on any atom is -0.463 e. The van der Waals surface area contributed by atoms with Crippen molar-refractivity contribution in [2.45, 2.75) is 46.1 Å². The van der Waals surface area contributed by atoms with Crippen molar-refractivity contribution in [3.05, 3.63) is 16.8 Å². The number of carbonyl (C=O) groups excluding carboxylic acids is 1. The zero-order valence-electron chi connectivity index (χ0n) is 13.2. The smallest absolute Gasteiger partial charge is 0.310 e. The van der Waals surface area contributed by atoms with Crippen molar-refractivity contribution in [2.75, 3.05) is 11.9 Å². The lowest BCUT2D eigenvalue weighted by molar-refractivity contribution is -0.151. The molecule has 0 saturated heterocycles. The van der Waals surface area contributed by atoms with E-state index in [4.69, 9.17) is 4.74 Å². The lowest BCUT2D eigenvalue weighted by atomic mass is 10.1. The molecule has 6 heteroatoms. The molecule has 2 aromatic heterocycles. The molecular weight excluding hydrogens is 298 g/mol. The van der Waals surface area contributed by atoms with E-state index >= 15 is 0 Å². The van der Waals surface area contributed by atoms with Crippen molar-refractivity contribution in [2.24, 2.45) is 5.92 Å². The molecule has 0 amide bonds. The van der Waals surface area contributed by atoms with Gasteiger partial charge in [-0.25, -0.2) is 9.97 Å². The summed E-state index contributed by atoms with van der Waals surface area (Å²) in [6.07, 6.45) is 4.96. The highest BCUT2D eigenvalue weighted by Crippen LogP contribution is 2.38. The molecule has 1 N–H and O–H groups in total. The van der Waals surface area contributed by atoms with Crippen LogP contribution in [0.2, 0.25) is 0 Å². The number of esters is 1. The third-order valence-electron chi connectivity index (χ3n) is 3.83. The van der Waals surface area contributed by atoms with Gasteiger partial charge < -0.3 is 10.1 Å². The van der Waals surface area contributed by atoms with Crippen LogP contribution in [0.1, 0.15) is 37.6 Å². The maximum atomic E-state index is 11.9. The molecule has 0 bridgehead atoms. The Labute approximate surface area is 134 Å². The SMILES string of the molecule is CC(C)OC(=O)C(C)CNc1ncnc2sc3c(c12)CCC3. The van der Waals surface area contributed by atoms with Crippen LogP contribution in [0.15, 0.2) is 6.33 Å². The summed E-state index contributed by atoms with van der Waals surface area (Å²) in [5, 5.41) is 4.46. The molecule has 2 heterocycles. The lowest BCUT2D eigenvalue weighted by Crippen LogP contribution is -2.25. The van der Waals surface area contributed by atoms with E-state index < -0.39 is 0 Å². The highest BCUT2D eigenvalue weighted by Gasteiger charge is 2.22. The van der Waals surface area contributed by atoms with Gasteiger partial charge in [-0.1, -0.05) is 6.92 Å². The molecule has 0 radical (unpaired) electrons. The Morgan fingerprint density at radius 3 is 2.95 bits per heavy atom. The monoisotopic (exact) mass is 319 g/mol. The second-order valence-electron chi connectivity index (χ2n) is 6.03. The Kier molecular flexibility index (Phi) is 4.29. The molecule has 0 saturated carbocycles. The van der Waals surface area contributed by atoms with Gasteiger partial charge >= 0.3 is 5.97 Å². The highest BCUT2D eigenvalue weighted by atomic mass is 32.1. The number of nitrogens with zero attached hydrogens (tertiary/aromatic N) is 2. The summed E-state index contributed by atoms with van der Waals surface area (Å²) in [5.74, 6) is 0.455. The number of nitrogens with one attached hydrogen (secondary N) is 1. The maximum absolute atomic E-state index is 11.9. The molecule has 118 valence electrons. The van der Waals surface area contributed by atoms with E-state index in [1.807, 2.05) is 20.8 Å². The van der Waals surface area contributed by atoms with Crippen molar-refractivity contribution < 1.29 is 9.53 Å². The average Bonchev–Trinajstić information content (AvgIpc) is 3.04. The number of anilines is 1. The number of aromatic nitrogens is 2. The van der Waals surface area contributed by atoms with E-state index in [1.54, 1.807) is 17.7 Å². The first-order chi connectivity index (χ1) is 10.6. The van der Waals surface area contributed by atoms with Gasteiger partial charge in [0.15, 0.2) is 0 Å². The largest absolute Gasteiger partial charge is 0.463 e. The summed E-state index contributed by atoms with van der Waals surface area (Å²) >= 11 is 1.77. The van der Waals surface area contributed by atoms with Crippen LogP contribution in [0.5, 0.6) is 0 Å². The van der Waals surface area contributed by atoms with Gasteiger partial charge in [0.25, 0.3) is 0 Å². The number of hydrogen-bond acceptors (Lipinski definition) is 6. The lowest BCUT2D eigenvalue weighted by Gasteiger charge is -2.15. The van der Waals surface area contributed by atoms with E-state index in [1.165, 1.54) is 16.9 Å². The fourth-order valence-electron chi connectivity index (χ4n) is 2.74. The standard InChI is InChI=1S/C16H21N3O2S/c1-9(2)21-16(20)10(3)7-17-14-13-11-5-4-6-12(11)22-15(13)19-8-18-14/h8-10H,4-7H2,1-3H3,(H,17,18,19). The summed E-state index contributed by atoms with van der Waals surface area (Å²) in [7, 11) is 0. The quantitative estimate of drug-likeness (QED) is 0.858. The molecular formula is C16H21N3O2S. The first-order valence-corrected chi connectivity index (χ1v) is 8.57. The van der Waals surface area contributed by atoms with Gasteiger partial charge in [-0.15, -0.1) is 11.3 Å². The summed E-state index contributed by atoms with van der Waals surface area (Å²) in [6.45, 7) is 6.11. The normalized spacial score (nSPS) is 15.1. The summed E-state index contributed by atoms with van der Waals surface area (Å²) in [5.41, 5.74) is 1.39. The Balaban J connectivity index is 1.76. The second kappa shape index (κ2) is 6.20. The van der Waals surface area contributed by atoms with Gasteiger partial charge in [-0.3, -0.25) is 4.79 Å². The Morgan fingerprint density at radius 2 is 2.18 bits per heavy atom. The van der Waals surface area contributed by atoms with Crippen LogP contribution in [0.25, 0.3) is 10.2 Å². The van der Waals surface area contributed by atoms with E-state index in [-0.39, 0.29) is 18.0 Å². The minimum absolute atomic E-state index is 0.0825. The number of thiophene rings is 1. The molecule has 3 rings (SSSR count). The number of fused-ring (bicyclic) bond motifs is 3. The summed E-state index contributed by atoms with van der Waals surface area (Å²) in [6, 6.07) is 0. The number of carbonyl (C=O) groups is 1. The molecule has 1 unspecified atom stereocenters. The van der Waals surface area contributed by atoms with E-state index in [9.17, 15) is 4.79 Å². The molecule has 0 aliphatic heterocycles. The van der Waals surface area contributed by atoms with Crippen molar-refractivity contribution in [3.63, 3.8) is 0 Å². The average molecular weight is 319 g/mol. The van der Waals surface area contributed by atoms with E-state index in [0.717, 1.165) is 28.9 Å². The molecule has 22 heavy (non-hydrogen) atoms. The van der Waals surface area contributed by atoms with Crippen LogP contribution in [0, 0.1) is 5.92 Å². The van der Waals surface area contributed by atoms with Gasteiger partial charge in [0, 0.05) is 11.4 Å². The Hall–Kier alpha value is -1.69. The molecule has 0 spiro atoms. The van der Waals surface area contributed by atoms with Crippen LogP contribution in [0.4, 0.5) is 5.82 Å². The first kappa shape index (κ1) is 15.2. The number of ether oxygens (including phenoxy) is 1. The molecule has 0 fully saturated rings. The van der Waals surface area contributed by atoms with Crippen LogP contribution in [0.3, 0.4) is 0 Å². The third-order valence-corrected chi connectivity index (χ3v) is 5.03. The van der Waals surface area contributed by atoms with E-state index in [2.05, 4.69) is 15.3 Å². The van der Waals surface area contributed by atoms with Crippen molar-refractivity contribution in [1.82, 2.24) is 9.97 Å². The number of hydrogen-bond donors (Lipinski definition) is 1. The van der Waals surface area contributed by atoms with Crippen LogP contribution < -0.4 is 5.32 Å². The Bertz CT molecular complexity index is 696. The van der Waals surface area contributed by atoms with Crippen LogP contribution in [-0.2, 0) is 22.4 Å². The minimum atomic E-state index is -0.209. The van der Waals surface area contributed by atoms with Crippen molar-refractivity contribution in [3.8, 4) is 0 Å². The number of aryl methyl sites for hydroxylation is 2. The molecule has 1 aliphatic carbocycles. The molecule has 0 aromatic carbocycles.